The van der Waals surface area contributed by atoms with Gasteiger partial charge in [0.2, 0.25) is 0 Å². The van der Waals surface area contributed by atoms with Crippen molar-refractivity contribution >= 4 is 5.97 Å². The summed E-state index contributed by atoms with van der Waals surface area (Å²) in [6.45, 7) is 1.80. The number of carbonyl (C=O) groups is 1. The smallest absolute Gasteiger partial charge is 0.356 e. The molecule has 0 saturated heterocycles. The summed E-state index contributed by atoms with van der Waals surface area (Å²) in [5, 5.41) is 15.8. The number of benzene rings is 2. The molecule has 0 radical (unpaired) electrons. The Morgan fingerprint density at radius 1 is 1.17 bits per heavy atom. The van der Waals surface area contributed by atoms with Gasteiger partial charge in [0.05, 0.1) is 0 Å². The first-order valence-corrected chi connectivity index (χ1v) is 7.17. The van der Waals surface area contributed by atoms with Crippen molar-refractivity contribution in [1.82, 2.24) is 10.2 Å². The average Bonchev–Trinajstić information content (AvgIpc) is 2.90. The van der Waals surface area contributed by atoms with Gasteiger partial charge in [-0.1, -0.05) is 36.4 Å². The Bertz CT molecular complexity index is 854. The third kappa shape index (κ3) is 2.99. The number of halogens is 1. The Morgan fingerprint density at radius 3 is 2.57 bits per heavy atom. The van der Waals surface area contributed by atoms with Crippen LogP contribution in [0, 0.1) is 12.7 Å². The molecule has 0 bridgehead atoms. The second-order valence-electron chi connectivity index (χ2n) is 5.32. The van der Waals surface area contributed by atoms with Crippen molar-refractivity contribution in [1.29, 1.82) is 0 Å². The minimum Gasteiger partial charge on any atom is -0.476 e. The largest absolute Gasteiger partial charge is 0.476 e. The van der Waals surface area contributed by atoms with Crippen molar-refractivity contribution in [2.24, 2.45) is 0 Å². The first-order chi connectivity index (χ1) is 11.1. The molecule has 5 heteroatoms. The zero-order chi connectivity index (χ0) is 16.4. The number of hydrogen-bond donors (Lipinski definition) is 2. The van der Waals surface area contributed by atoms with E-state index in [4.69, 9.17) is 0 Å². The summed E-state index contributed by atoms with van der Waals surface area (Å²) in [4.78, 5) is 11.3. The molecule has 3 aromatic rings. The molecule has 2 aromatic carbocycles. The van der Waals surface area contributed by atoms with E-state index < -0.39 is 5.97 Å². The number of nitrogens with zero attached hydrogens (tertiary/aromatic N) is 1. The summed E-state index contributed by atoms with van der Waals surface area (Å²) in [5.41, 5.74) is 4.23. The van der Waals surface area contributed by atoms with Gasteiger partial charge in [0, 0.05) is 17.7 Å². The summed E-state index contributed by atoms with van der Waals surface area (Å²) < 4.78 is 13.1. The van der Waals surface area contributed by atoms with Crippen LogP contribution in [-0.4, -0.2) is 21.3 Å². The molecule has 0 amide bonds. The molecule has 116 valence electrons. The highest BCUT2D eigenvalue weighted by atomic mass is 19.1. The maximum absolute atomic E-state index is 13.1. The molecular formula is C18H15FN2O2. The van der Waals surface area contributed by atoms with Crippen LogP contribution in [0.3, 0.4) is 0 Å². The van der Waals surface area contributed by atoms with E-state index >= 15 is 0 Å². The van der Waals surface area contributed by atoms with E-state index in [1.165, 1.54) is 12.1 Å². The Kier molecular flexibility index (Phi) is 3.93. The molecule has 0 atom stereocenters. The number of nitrogens with one attached hydrogen (secondary N) is 1. The maximum Gasteiger partial charge on any atom is 0.356 e. The molecule has 0 unspecified atom stereocenters. The average molecular weight is 310 g/mol. The fourth-order valence-corrected chi connectivity index (χ4v) is 2.62. The van der Waals surface area contributed by atoms with Crippen LogP contribution in [0.4, 0.5) is 4.39 Å². The minimum absolute atomic E-state index is 0.0383. The number of aromatic amines is 1. The number of aryl methyl sites for hydroxylation is 1. The SMILES string of the molecule is Cc1[nH]nc(C(=O)O)c1Cc1ccccc1-c1ccc(F)cc1. The van der Waals surface area contributed by atoms with Crippen molar-refractivity contribution in [3.63, 3.8) is 0 Å². The van der Waals surface area contributed by atoms with E-state index in [1.54, 1.807) is 19.1 Å². The van der Waals surface area contributed by atoms with Crippen molar-refractivity contribution in [3.05, 3.63) is 76.9 Å². The van der Waals surface area contributed by atoms with Crippen molar-refractivity contribution < 1.29 is 14.3 Å². The summed E-state index contributed by atoms with van der Waals surface area (Å²) in [5.74, 6) is -1.34. The number of aromatic nitrogens is 2. The Labute approximate surface area is 132 Å². The molecule has 0 fully saturated rings. The predicted octanol–water partition coefficient (Wildman–Crippen LogP) is 3.81. The van der Waals surface area contributed by atoms with Gasteiger partial charge in [-0.25, -0.2) is 9.18 Å². The standard InChI is InChI=1S/C18H15FN2O2/c1-11-16(17(18(22)23)21-20-11)10-13-4-2-3-5-15(13)12-6-8-14(19)9-7-12/h2-9H,10H2,1H3,(H,20,21)(H,22,23). The summed E-state index contributed by atoms with van der Waals surface area (Å²) >= 11 is 0. The molecule has 3 rings (SSSR count). The monoisotopic (exact) mass is 310 g/mol. The maximum atomic E-state index is 13.1. The van der Waals surface area contributed by atoms with Gasteiger partial charge in [-0.3, -0.25) is 5.10 Å². The van der Waals surface area contributed by atoms with E-state index in [9.17, 15) is 14.3 Å². The van der Waals surface area contributed by atoms with E-state index in [-0.39, 0.29) is 11.5 Å². The van der Waals surface area contributed by atoms with E-state index in [1.807, 2.05) is 24.3 Å². The molecule has 0 aliphatic carbocycles. The van der Waals surface area contributed by atoms with Crippen LogP contribution in [0.25, 0.3) is 11.1 Å². The van der Waals surface area contributed by atoms with E-state index in [0.717, 1.165) is 22.4 Å². The van der Waals surface area contributed by atoms with Gasteiger partial charge >= 0.3 is 5.97 Å². The van der Waals surface area contributed by atoms with Gasteiger partial charge in [0.25, 0.3) is 0 Å². The van der Waals surface area contributed by atoms with Gasteiger partial charge in [0.15, 0.2) is 5.69 Å². The quantitative estimate of drug-likeness (QED) is 0.770. The lowest BCUT2D eigenvalue weighted by atomic mass is 9.94. The fraction of sp³-hybridized carbons (Fsp3) is 0.111. The number of carboxylic acids is 1. The number of hydrogen-bond acceptors (Lipinski definition) is 2. The van der Waals surface area contributed by atoms with Gasteiger partial charge in [-0.05, 0) is 35.7 Å². The van der Waals surface area contributed by atoms with Crippen LogP contribution in [0.5, 0.6) is 0 Å². The molecule has 0 spiro atoms. The first-order valence-electron chi connectivity index (χ1n) is 7.17. The third-order valence-electron chi connectivity index (χ3n) is 3.82. The van der Waals surface area contributed by atoms with Crippen molar-refractivity contribution in [2.75, 3.05) is 0 Å². The Morgan fingerprint density at radius 2 is 1.87 bits per heavy atom. The van der Waals surface area contributed by atoms with Gasteiger partial charge in [0.1, 0.15) is 5.82 Å². The van der Waals surface area contributed by atoms with Crippen LogP contribution in [-0.2, 0) is 6.42 Å². The number of aromatic carboxylic acids is 1. The topological polar surface area (TPSA) is 66.0 Å². The van der Waals surface area contributed by atoms with Gasteiger partial charge in [-0.2, -0.15) is 5.10 Å². The molecule has 0 saturated carbocycles. The van der Waals surface area contributed by atoms with Crippen molar-refractivity contribution in [3.8, 4) is 11.1 Å². The number of rotatable bonds is 4. The molecule has 0 aliphatic heterocycles. The van der Waals surface area contributed by atoms with Crippen LogP contribution in [0.2, 0.25) is 0 Å². The zero-order valence-electron chi connectivity index (χ0n) is 12.5. The summed E-state index contributed by atoms with van der Waals surface area (Å²) in [7, 11) is 0. The van der Waals surface area contributed by atoms with Gasteiger partial charge < -0.3 is 5.11 Å². The van der Waals surface area contributed by atoms with Crippen LogP contribution in [0.15, 0.2) is 48.5 Å². The highest BCUT2D eigenvalue weighted by molar-refractivity contribution is 5.87. The van der Waals surface area contributed by atoms with Gasteiger partial charge in [-0.15, -0.1) is 0 Å². The third-order valence-corrected chi connectivity index (χ3v) is 3.82. The highest BCUT2D eigenvalue weighted by Crippen LogP contribution is 2.27. The molecule has 1 heterocycles. The Balaban J connectivity index is 2.04. The van der Waals surface area contributed by atoms with E-state index in [0.29, 0.717) is 12.0 Å². The number of H-pyrrole nitrogens is 1. The minimum atomic E-state index is -1.05. The number of carboxylic acid groups (broad SMARTS) is 1. The Hall–Kier alpha value is -2.95. The van der Waals surface area contributed by atoms with Crippen LogP contribution >= 0.6 is 0 Å². The van der Waals surface area contributed by atoms with Crippen molar-refractivity contribution in [2.45, 2.75) is 13.3 Å². The van der Waals surface area contributed by atoms with Crippen LogP contribution < -0.4 is 0 Å². The van der Waals surface area contributed by atoms with E-state index in [2.05, 4.69) is 10.2 Å². The molecule has 1 aromatic heterocycles. The summed E-state index contributed by atoms with van der Waals surface area (Å²) in [6.07, 6.45) is 0.442. The lowest BCUT2D eigenvalue weighted by Gasteiger charge is -2.10. The lowest BCUT2D eigenvalue weighted by molar-refractivity contribution is 0.0689. The normalized spacial score (nSPS) is 10.7. The van der Waals surface area contributed by atoms with Crippen LogP contribution in [0.1, 0.15) is 27.3 Å². The zero-order valence-corrected chi connectivity index (χ0v) is 12.5. The molecule has 2 N–H and O–H groups in total. The second-order valence-corrected chi connectivity index (χ2v) is 5.32. The molecule has 0 aliphatic rings. The fourth-order valence-electron chi connectivity index (χ4n) is 2.62. The first kappa shape index (κ1) is 15.0. The summed E-state index contributed by atoms with van der Waals surface area (Å²) in [6, 6.07) is 14.0. The molecule has 23 heavy (non-hydrogen) atoms. The molecular weight excluding hydrogens is 295 g/mol. The highest BCUT2D eigenvalue weighted by Gasteiger charge is 2.18. The lowest BCUT2D eigenvalue weighted by Crippen LogP contribution is -2.03. The second kappa shape index (κ2) is 6.04. The predicted molar refractivity (Wildman–Crippen MR) is 84.9 cm³/mol. The molecule has 4 nitrogen and oxygen atoms in total.